The largest absolute Gasteiger partial charge is 0.478 e. The number of carboxylic acids is 1. The smallest absolute Gasteiger partial charge is 0.335 e. The number of hydrogen-bond acceptors (Lipinski definition) is 3. The molecule has 0 bridgehead atoms. The van der Waals surface area contributed by atoms with Gasteiger partial charge in [0.2, 0.25) is 0 Å². The molecular formula is C23H26ClNO3. The van der Waals surface area contributed by atoms with Gasteiger partial charge in [-0.2, -0.15) is 0 Å². The first-order chi connectivity index (χ1) is 13.3. The normalized spacial score (nSPS) is 12.5. The van der Waals surface area contributed by atoms with Crippen LogP contribution in [0.5, 0.6) is 0 Å². The number of furan rings is 1. The van der Waals surface area contributed by atoms with Gasteiger partial charge in [0.25, 0.3) is 0 Å². The monoisotopic (exact) mass is 399 g/mol. The molecule has 1 heterocycles. The average molecular weight is 400 g/mol. The molecule has 0 aliphatic rings. The summed E-state index contributed by atoms with van der Waals surface area (Å²) in [6.45, 7) is 8.37. The molecule has 0 amide bonds. The van der Waals surface area contributed by atoms with Crippen molar-refractivity contribution >= 4 is 34.2 Å². The van der Waals surface area contributed by atoms with Crippen LogP contribution in [0.3, 0.4) is 0 Å². The van der Waals surface area contributed by atoms with Crippen molar-refractivity contribution in [1.82, 2.24) is 0 Å². The topological polar surface area (TPSA) is 62.5 Å². The summed E-state index contributed by atoms with van der Waals surface area (Å²) in [4.78, 5) is 11.4. The zero-order valence-electron chi connectivity index (χ0n) is 16.7. The average Bonchev–Trinajstić information content (AvgIpc) is 2.96. The SMILES string of the molecule is CCc1cc(NC(CC(C)C)c2oc3ccc(Cl)cc3c2C)ccc1C(=O)O. The van der Waals surface area contributed by atoms with E-state index in [0.29, 0.717) is 22.9 Å². The molecular weight excluding hydrogens is 374 g/mol. The molecule has 28 heavy (non-hydrogen) atoms. The van der Waals surface area contributed by atoms with Gasteiger partial charge in [0.05, 0.1) is 11.6 Å². The molecule has 0 spiro atoms. The summed E-state index contributed by atoms with van der Waals surface area (Å²) >= 11 is 6.16. The van der Waals surface area contributed by atoms with E-state index >= 15 is 0 Å². The maximum atomic E-state index is 11.4. The van der Waals surface area contributed by atoms with Crippen LogP contribution in [0.15, 0.2) is 40.8 Å². The number of hydrogen-bond donors (Lipinski definition) is 2. The molecule has 4 nitrogen and oxygen atoms in total. The summed E-state index contributed by atoms with van der Waals surface area (Å²) < 4.78 is 6.19. The summed E-state index contributed by atoms with van der Waals surface area (Å²) in [6.07, 6.45) is 1.55. The molecule has 5 heteroatoms. The summed E-state index contributed by atoms with van der Waals surface area (Å²) in [5.41, 5.74) is 3.96. The second-order valence-corrected chi connectivity index (χ2v) is 8.03. The van der Waals surface area contributed by atoms with E-state index in [4.69, 9.17) is 16.0 Å². The first-order valence-corrected chi connectivity index (χ1v) is 9.99. The van der Waals surface area contributed by atoms with E-state index in [0.717, 1.165) is 40.0 Å². The van der Waals surface area contributed by atoms with Crippen LogP contribution in [0, 0.1) is 12.8 Å². The van der Waals surface area contributed by atoms with Crippen molar-refractivity contribution < 1.29 is 14.3 Å². The zero-order chi connectivity index (χ0) is 20.4. The Morgan fingerprint density at radius 1 is 1.21 bits per heavy atom. The van der Waals surface area contributed by atoms with Crippen LogP contribution in [0.25, 0.3) is 11.0 Å². The van der Waals surface area contributed by atoms with Gasteiger partial charge in [0, 0.05) is 21.7 Å². The van der Waals surface area contributed by atoms with Crippen molar-refractivity contribution in [1.29, 1.82) is 0 Å². The van der Waals surface area contributed by atoms with Crippen LogP contribution in [-0.4, -0.2) is 11.1 Å². The van der Waals surface area contributed by atoms with Crippen molar-refractivity contribution in [3.63, 3.8) is 0 Å². The molecule has 148 valence electrons. The van der Waals surface area contributed by atoms with Crippen LogP contribution in [0.1, 0.15) is 60.5 Å². The molecule has 1 aromatic heterocycles. The van der Waals surface area contributed by atoms with Gasteiger partial charge >= 0.3 is 5.97 Å². The number of aromatic carboxylic acids is 1. The maximum absolute atomic E-state index is 11.4. The van der Waals surface area contributed by atoms with Crippen LogP contribution in [0.2, 0.25) is 5.02 Å². The highest BCUT2D eigenvalue weighted by molar-refractivity contribution is 6.31. The quantitative estimate of drug-likeness (QED) is 0.455. The zero-order valence-corrected chi connectivity index (χ0v) is 17.4. The Labute approximate surface area is 170 Å². The number of benzene rings is 2. The molecule has 1 unspecified atom stereocenters. The first-order valence-electron chi connectivity index (χ1n) is 9.61. The van der Waals surface area contributed by atoms with E-state index in [-0.39, 0.29) is 6.04 Å². The predicted molar refractivity (Wildman–Crippen MR) is 115 cm³/mol. The number of carboxylic acid groups (broad SMARTS) is 1. The Bertz CT molecular complexity index is 1010. The Hall–Kier alpha value is -2.46. The molecule has 0 radical (unpaired) electrons. The van der Waals surface area contributed by atoms with Crippen LogP contribution in [0.4, 0.5) is 5.69 Å². The Morgan fingerprint density at radius 3 is 2.61 bits per heavy atom. The van der Waals surface area contributed by atoms with Gasteiger partial charge in [-0.15, -0.1) is 0 Å². The minimum Gasteiger partial charge on any atom is -0.478 e. The molecule has 3 rings (SSSR count). The van der Waals surface area contributed by atoms with E-state index in [9.17, 15) is 9.90 Å². The van der Waals surface area contributed by atoms with E-state index in [1.165, 1.54) is 0 Å². The molecule has 1 atom stereocenters. The van der Waals surface area contributed by atoms with Gasteiger partial charge in [-0.05, 0) is 67.6 Å². The summed E-state index contributed by atoms with van der Waals surface area (Å²) in [6, 6.07) is 11.1. The third kappa shape index (κ3) is 4.17. The summed E-state index contributed by atoms with van der Waals surface area (Å²) in [5, 5.41) is 14.6. The molecule has 2 N–H and O–H groups in total. The predicted octanol–water partition coefficient (Wildman–Crippen LogP) is 6.85. The lowest BCUT2D eigenvalue weighted by atomic mass is 9.98. The van der Waals surface area contributed by atoms with Crippen molar-refractivity contribution in [3.05, 3.63) is 63.9 Å². The first kappa shape index (κ1) is 20.3. The fourth-order valence-corrected chi connectivity index (χ4v) is 3.81. The van der Waals surface area contributed by atoms with Gasteiger partial charge in [-0.25, -0.2) is 4.79 Å². The van der Waals surface area contributed by atoms with Crippen molar-refractivity contribution in [2.24, 2.45) is 5.92 Å². The number of anilines is 1. The van der Waals surface area contributed by atoms with Gasteiger partial charge in [-0.1, -0.05) is 32.4 Å². The fourth-order valence-electron chi connectivity index (χ4n) is 3.63. The highest BCUT2D eigenvalue weighted by Gasteiger charge is 2.22. The van der Waals surface area contributed by atoms with Crippen LogP contribution in [-0.2, 0) is 6.42 Å². The standard InChI is InChI=1S/C23H26ClNO3/c1-5-15-11-17(7-8-18(15)23(26)27)25-20(10-13(2)3)22-14(4)19-12-16(24)6-9-21(19)28-22/h6-9,11-13,20,25H,5,10H2,1-4H3,(H,26,27). The Kier molecular flexibility index (Phi) is 5.99. The molecule has 0 fully saturated rings. The lowest BCUT2D eigenvalue weighted by Crippen LogP contribution is -2.14. The fraction of sp³-hybridized carbons (Fsp3) is 0.348. The van der Waals surface area contributed by atoms with Crippen LogP contribution < -0.4 is 5.32 Å². The molecule has 0 saturated heterocycles. The van der Waals surface area contributed by atoms with E-state index in [1.807, 2.05) is 37.3 Å². The number of rotatable bonds is 7. The Morgan fingerprint density at radius 2 is 1.96 bits per heavy atom. The van der Waals surface area contributed by atoms with E-state index < -0.39 is 5.97 Å². The van der Waals surface area contributed by atoms with Gasteiger partial charge < -0.3 is 14.8 Å². The highest BCUT2D eigenvalue weighted by Crippen LogP contribution is 2.35. The van der Waals surface area contributed by atoms with Crippen molar-refractivity contribution in [3.8, 4) is 0 Å². The van der Waals surface area contributed by atoms with Gasteiger partial charge in [-0.3, -0.25) is 0 Å². The minimum absolute atomic E-state index is 0.0217. The van der Waals surface area contributed by atoms with Gasteiger partial charge in [0.15, 0.2) is 0 Å². The van der Waals surface area contributed by atoms with Crippen LogP contribution >= 0.6 is 11.6 Å². The second-order valence-electron chi connectivity index (χ2n) is 7.59. The third-order valence-corrected chi connectivity index (χ3v) is 5.25. The number of fused-ring (bicyclic) bond motifs is 1. The summed E-state index contributed by atoms with van der Waals surface area (Å²) in [5.74, 6) is 0.455. The summed E-state index contributed by atoms with van der Waals surface area (Å²) in [7, 11) is 0. The number of aryl methyl sites for hydroxylation is 2. The highest BCUT2D eigenvalue weighted by atomic mass is 35.5. The minimum atomic E-state index is -0.896. The number of halogens is 1. The van der Waals surface area contributed by atoms with Gasteiger partial charge in [0.1, 0.15) is 11.3 Å². The maximum Gasteiger partial charge on any atom is 0.335 e. The van der Waals surface area contributed by atoms with E-state index in [2.05, 4.69) is 26.1 Å². The number of carbonyl (C=O) groups is 1. The molecule has 0 aliphatic carbocycles. The van der Waals surface area contributed by atoms with Crippen molar-refractivity contribution in [2.75, 3.05) is 5.32 Å². The number of nitrogens with one attached hydrogen (secondary N) is 1. The molecule has 3 aromatic rings. The van der Waals surface area contributed by atoms with E-state index in [1.54, 1.807) is 6.07 Å². The molecule has 0 aliphatic heterocycles. The molecule has 2 aromatic carbocycles. The third-order valence-electron chi connectivity index (χ3n) is 5.02. The lowest BCUT2D eigenvalue weighted by Gasteiger charge is -2.21. The molecule has 0 saturated carbocycles. The lowest BCUT2D eigenvalue weighted by molar-refractivity contribution is 0.0696. The van der Waals surface area contributed by atoms with Crippen molar-refractivity contribution in [2.45, 2.75) is 46.6 Å². The Balaban J connectivity index is 2.00. The second kappa shape index (κ2) is 8.27.